The minimum atomic E-state index is 0.470. The Morgan fingerprint density at radius 3 is 3.04 bits per heavy atom. The first-order valence-electron chi connectivity index (χ1n) is 9.51. The van der Waals surface area contributed by atoms with Gasteiger partial charge in [0.15, 0.2) is 5.82 Å². The SMILES string of the molecule is c1cnc2[nH]cc(CN3CCc4nc(C5CCOCC5)nn4CC3)c2c1. The van der Waals surface area contributed by atoms with E-state index in [-0.39, 0.29) is 0 Å². The molecular weight excluding hydrogens is 328 g/mol. The van der Waals surface area contributed by atoms with Gasteiger partial charge in [-0.1, -0.05) is 0 Å². The monoisotopic (exact) mass is 352 g/mol. The third-order valence-electron chi connectivity index (χ3n) is 5.56. The van der Waals surface area contributed by atoms with Crippen molar-refractivity contribution in [3.63, 3.8) is 0 Å². The molecule has 0 aliphatic carbocycles. The first-order chi connectivity index (χ1) is 12.9. The van der Waals surface area contributed by atoms with Gasteiger partial charge in [-0.3, -0.25) is 4.90 Å². The first kappa shape index (κ1) is 16.0. The fourth-order valence-corrected chi connectivity index (χ4v) is 4.03. The highest BCUT2D eigenvalue weighted by molar-refractivity contribution is 5.79. The molecule has 0 radical (unpaired) electrons. The van der Waals surface area contributed by atoms with Crippen molar-refractivity contribution in [2.75, 3.05) is 26.3 Å². The molecule has 0 amide bonds. The Bertz CT molecular complexity index is 869. The average Bonchev–Trinajstić information content (AvgIpc) is 3.24. The van der Waals surface area contributed by atoms with Crippen molar-refractivity contribution in [2.45, 2.75) is 38.3 Å². The number of nitrogens with one attached hydrogen (secondary N) is 1. The molecule has 136 valence electrons. The lowest BCUT2D eigenvalue weighted by atomic mass is 10.00. The largest absolute Gasteiger partial charge is 0.381 e. The molecule has 0 bridgehead atoms. The van der Waals surface area contributed by atoms with E-state index in [1.54, 1.807) is 0 Å². The van der Waals surface area contributed by atoms with E-state index in [0.717, 1.165) is 76.0 Å². The Morgan fingerprint density at radius 1 is 1.19 bits per heavy atom. The van der Waals surface area contributed by atoms with Gasteiger partial charge in [0.1, 0.15) is 11.5 Å². The van der Waals surface area contributed by atoms with Gasteiger partial charge in [0, 0.05) is 63.0 Å². The number of rotatable bonds is 3. The van der Waals surface area contributed by atoms with Gasteiger partial charge in [-0.05, 0) is 30.5 Å². The summed E-state index contributed by atoms with van der Waals surface area (Å²) in [5, 5.41) is 6.04. The summed E-state index contributed by atoms with van der Waals surface area (Å²) in [6.07, 6.45) is 6.96. The number of nitrogens with zero attached hydrogens (tertiary/aromatic N) is 5. The Kier molecular flexibility index (Phi) is 4.18. The normalized spacial score (nSPS) is 19.5. The van der Waals surface area contributed by atoms with Crippen molar-refractivity contribution in [3.8, 4) is 0 Å². The molecular formula is C19H24N6O. The fourth-order valence-electron chi connectivity index (χ4n) is 4.03. The van der Waals surface area contributed by atoms with Crippen molar-refractivity contribution in [1.82, 2.24) is 29.6 Å². The maximum atomic E-state index is 5.46. The second-order valence-corrected chi connectivity index (χ2v) is 7.24. The van der Waals surface area contributed by atoms with E-state index in [4.69, 9.17) is 14.8 Å². The van der Waals surface area contributed by atoms with E-state index in [9.17, 15) is 0 Å². The van der Waals surface area contributed by atoms with Crippen molar-refractivity contribution in [2.24, 2.45) is 0 Å². The van der Waals surface area contributed by atoms with Crippen LogP contribution < -0.4 is 0 Å². The number of aromatic nitrogens is 5. The predicted octanol–water partition coefficient (Wildman–Crippen LogP) is 2.11. The summed E-state index contributed by atoms with van der Waals surface area (Å²) in [5.74, 6) is 2.63. The number of pyridine rings is 1. The molecule has 2 aliphatic heterocycles. The molecule has 7 nitrogen and oxygen atoms in total. The van der Waals surface area contributed by atoms with Crippen LogP contribution >= 0.6 is 0 Å². The number of aromatic amines is 1. The topological polar surface area (TPSA) is 71.9 Å². The Hall–Kier alpha value is -2.25. The van der Waals surface area contributed by atoms with Crippen LogP contribution in [0.1, 0.15) is 36.0 Å². The van der Waals surface area contributed by atoms with Gasteiger partial charge < -0.3 is 9.72 Å². The van der Waals surface area contributed by atoms with Gasteiger partial charge in [-0.15, -0.1) is 0 Å². The van der Waals surface area contributed by atoms with E-state index in [1.807, 2.05) is 12.3 Å². The minimum Gasteiger partial charge on any atom is -0.381 e. The smallest absolute Gasteiger partial charge is 0.154 e. The highest BCUT2D eigenvalue weighted by atomic mass is 16.5. The Balaban J connectivity index is 1.28. The summed E-state index contributed by atoms with van der Waals surface area (Å²) in [4.78, 5) is 15.0. The van der Waals surface area contributed by atoms with E-state index < -0.39 is 0 Å². The second-order valence-electron chi connectivity index (χ2n) is 7.24. The summed E-state index contributed by atoms with van der Waals surface area (Å²) in [5.41, 5.74) is 2.27. The van der Waals surface area contributed by atoms with Crippen LogP contribution in [0.15, 0.2) is 24.5 Å². The molecule has 0 aromatic carbocycles. The van der Waals surface area contributed by atoms with Crippen LogP contribution in [0.25, 0.3) is 11.0 Å². The third-order valence-corrected chi connectivity index (χ3v) is 5.56. The molecule has 26 heavy (non-hydrogen) atoms. The van der Waals surface area contributed by atoms with Crippen molar-refractivity contribution in [1.29, 1.82) is 0 Å². The molecule has 0 spiro atoms. The average molecular weight is 352 g/mol. The summed E-state index contributed by atoms with van der Waals surface area (Å²) >= 11 is 0. The summed E-state index contributed by atoms with van der Waals surface area (Å²) in [7, 11) is 0. The molecule has 1 N–H and O–H groups in total. The maximum absolute atomic E-state index is 5.46. The fraction of sp³-hybridized carbons (Fsp3) is 0.526. The van der Waals surface area contributed by atoms with Crippen LogP contribution in [0, 0.1) is 0 Å². The third kappa shape index (κ3) is 3.01. The number of hydrogen-bond acceptors (Lipinski definition) is 5. The summed E-state index contributed by atoms with van der Waals surface area (Å²) in [6, 6.07) is 4.14. The van der Waals surface area contributed by atoms with Crippen LogP contribution in [0.4, 0.5) is 0 Å². The Morgan fingerprint density at radius 2 is 2.12 bits per heavy atom. The van der Waals surface area contributed by atoms with Crippen LogP contribution in [0.5, 0.6) is 0 Å². The van der Waals surface area contributed by atoms with Crippen molar-refractivity contribution >= 4 is 11.0 Å². The zero-order chi connectivity index (χ0) is 17.3. The highest BCUT2D eigenvalue weighted by Gasteiger charge is 2.24. The van der Waals surface area contributed by atoms with Gasteiger partial charge in [-0.25, -0.2) is 14.6 Å². The number of fused-ring (bicyclic) bond motifs is 2. The summed E-state index contributed by atoms with van der Waals surface area (Å²) in [6.45, 7) is 5.52. The number of hydrogen-bond donors (Lipinski definition) is 1. The standard InChI is InChI=1S/C19H24N6O/c1-2-16-15(12-21-19(16)20-6-1)13-24-7-3-17-22-18(23-25(17)9-8-24)14-4-10-26-11-5-14/h1-2,6,12,14H,3-5,7-11,13H2,(H,20,21). The lowest BCUT2D eigenvalue weighted by Gasteiger charge is -2.20. The van der Waals surface area contributed by atoms with Crippen LogP contribution in [-0.2, 0) is 24.2 Å². The Labute approximate surface area is 152 Å². The number of ether oxygens (including phenoxy) is 1. The zero-order valence-electron chi connectivity index (χ0n) is 14.9. The van der Waals surface area contributed by atoms with Gasteiger partial charge in [0.2, 0.25) is 0 Å². The molecule has 3 aromatic heterocycles. The first-order valence-corrected chi connectivity index (χ1v) is 9.51. The molecule has 0 atom stereocenters. The maximum Gasteiger partial charge on any atom is 0.154 e. The van der Waals surface area contributed by atoms with Gasteiger partial charge in [0.25, 0.3) is 0 Å². The van der Waals surface area contributed by atoms with E-state index >= 15 is 0 Å². The number of H-pyrrole nitrogens is 1. The van der Waals surface area contributed by atoms with Crippen LogP contribution in [0.2, 0.25) is 0 Å². The second kappa shape index (κ2) is 6.81. The van der Waals surface area contributed by atoms with Gasteiger partial charge in [-0.2, -0.15) is 5.10 Å². The summed E-state index contributed by atoms with van der Waals surface area (Å²) < 4.78 is 7.59. The minimum absolute atomic E-state index is 0.470. The van der Waals surface area contributed by atoms with Crippen LogP contribution in [0.3, 0.4) is 0 Å². The van der Waals surface area contributed by atoms with E-state index in [2.05, 4.69) is 31.8 Å². The quantitative estimate of drug-likeness (QED) is 0.782. The lowest BCUT2D eigenvalue weighted by molar-refractivity contribution is 0.0835. The molecule has 5 rings (SSSR count). The highest BCUT2D eigenvalue weighted by Crippen LogP contribution is 2.25. The lowest BCUT2D eigenvalue weighted by Crippen LogP contribution is -2.26. The molecule has 2 aliphatic rings. The molecule has 3 aromatic rings. The predicted molar refractivity (Wildman–Crippen MR) is 97.9 cm³/mol. The van der Waals surface area contributed by atoms with Crippen LogP contribution in [-0.4, -0.2) is 55.9 Å². The van der Waals surface area contributed by atoms with Crippen molar-refractivity contribution < 1.29 is 4.74 Å². The van der Waals surface area contributed by atoms with E-state index in [0.29, 0.717) is 5.92 Å². The van der Waals surface area contributed by atoms with Gasteiger partial charge in [0.05, 0.1) is 6.54 Å². The van der Waals surface area contributed by atoms with E-state index in [1.165, 1.54) is 10.9 Å². The molecule has 0 saturated carbocycles. The zero-order valence-corrected chi connectivity index (χ0v) is 14.9. The van der Waals surface area contributed by atoms with Crippen molar-refractivity contribution in [3.05, 3.63) is 41.7 Å². The molecule has 0 unspecified atom stereocenters. The van der Waals surface area contributed by atoms with Gasteiger partial charge >= 0.3 is 0 Å². The molecule has 1 fully saturated rings. The molecule has 1 saturated heterocycles. The molecule has 5 heterocycles. The molecule has 7 heteroatoms.